The van der Waals surface area contributed by atoms with E-state index in [1.165, 1.54) is 0 Å². The molecule has 3 nitrogen and oxygen atoms in total. The number of aliphatic hydroxyl groups is 1. The summed E-state index contributed by atoms with van der Waals surface area (Å²) in [6, 6.07) is 6.00. The summed E-state index contributed by atoms with van der Waals surface area (Å²) in [5.41, 5.74) is 1.74. The minimum atomic E-state index is 0.0112. The van der Waals surface area contributed by atoms with Crippen molar-refractivity contribution >= 4 is 21.8 Å². The minimum Gasteiger partial charge on any atom is -0.395 e. The van der Waals surface area contributed by atoms with Gasteiger partial charge in [0, 0.05) is 17.1 Å². The van der Waals surface area contributed by atoms with Crippen molar-refractivity contribution in [3.63, 3.8) is 0 Å². The Bertz CT molecular complexity index is 429. The van der Waals surface area contributed by atoms with Crippen LogP contribution < -0.4 is 0 Å². The van der Waals surface area contributed by atoms with Crippen molar-refractivity contribution < 1.29 is 9.90 Å². The van der Waals surface area contributed by atoms with Gasteiger partial charge in [0.25, 0.3) is 5.91 Å². The first-order valence-electron chi connectivity index (χ1n) is 5.82. The molecule has 1 aliphatic rings. The fourth-order valence-corrected chi connectivity index (χ4v) is 2.35. The zero-order chi connectivity index (χ0) is 12.4. The summed E-state index contributed by atoms with van der Waals surface area (Å²) >= 11 is 3.46. The first-order valence-corrected chi connectivity index (χ1v) is 6.61. The molecular weight excluding hydrogens is 282 g/mol. The average Bonchev–Trinajstić information content (AvgIpc) is 3.13. The van der Waals surface area contributed by atoms with Gasteiger partial charge >= 0.3 is 0 Å². The monoisotopic (exact) mass is 297 g/mol. The van der Waals surface area contributed by atoms with Crippen molar-refractivity contribution in [2.45, 2.75) is 25.8 Å². The lowest BCUT2D eigenvalue weighted by Crippen LogP contribution is -2.35. The Kier molecular flexibility index (Phi) is 3.84. The predicted octanol–water partition coefficient (Wildman–Crippen LogP) is 2.35. The number of aliphatic hydroxyl groups excluding tert-OH is 1. The summed E-state index contributed by atoms with van der Waals surface area (Å²) in [5.74, 6) is 0.0112. The van der Waals surface area contributed by atoms with E-state index in [0.29, 0.717) is 18.2 Å². The van der Waals surface area contributed by atoms with Crippen LogP contribution in [0.15, 0.2) is 22.7 Å². The highest BCUT2D eigenvalue weighted by atomic mass is 79.9. The number of carbonyl (C=O) groups excluding carboxylic acids is 1. The second-order valence-electron chi connectivity index (χ2n) is 4.39. The standard InChI is InChI=1S/C13H16BrNO2/c1-9-3-2-4-11(12(9)14)13(17)15(7-8-16)10-5-6-10/h2-4,10,16H,5-8H2,1H3. The van der Waals surface area contributed by atoms with E-state index in [1.807, 2.05) is 25.1 Å². The molecule has 1 N–H and O–H groups in total. The highest BCUT2D eigenvalue weighted by Crippen LogP contribution is 2.30. The lowest BCUT2D eigenvalue weighted by atomic mass is 10.1. The van der Waals surface area contributed by atoms with Crippen LogP contribution >= 0.6 is 15.9 Å². The Hall–Kier alpha value is -0.870. The molecule has 1 aliphatic carbocycles. The summed E-state index contributed by atoms with van der Waals surface area (Å²) in [6.07, 6.45) is 2.10. The first-order chi connectivity index (χ1) is 8.15. The van der Waals surface area contributed by atoms with E-state index < -0.39 is 0 Å². The highest BCUT2D eigenvalue weighted by Gasteiger charge is 2.33. The Morgan fingerprint density at radius 2 is 2.24 bits per heavy atom. The van der Waals surface area contributed by atoms with Gasteiger partial charge in [0.05, 0.1) is 12.2 Å². The number of nitrogens with zero attached hydrogens (tertiary/aromatic N) is 1. The first kappa shape index (κ1) is 12.6. The van der Waals surface area contributed by atoms with Crippen LogP contribution in [0.3, 0.4) is 0 Å². The second kappa shape index (κ2) is 5.19. The smallest absolute Gasteiger partial charge is 0.255 e. The maximum Gasteiger partial charge on any atom is 0.255 e. The van der Waals surface area contributed by atoms with Crippen molar-refractivity contribution in [3.05, 3.63) is 33.8 Å². The number of rotatable bonds is 4. The molecule has 0 aromatic heterocycles. The number of hydrogen-bond donors (Lipinski definition) is 1. The summed E-state index contributed by atoms with van der Waals surface area (Å²) in [5, 5.41) is 9.03. The molecule has 1 aromatic carbocycles. The summed E-state index contributed by atoms with van der Waals surface area (Å²) in [7, 11) is 0. The van der Waals surface area contributed by atoms with E-state index in [2.05, 4.69) is 15.9 Å². The van der Waals surface area contributed by atoms with Crippen LogP contribution in [0.1, 0.15) is 28.8 Å². The molecule has 92 valence electrons. The van der Waals surface area contributed by atoms with Crippen LogP contribution in [0.4, 0.5) is 0 Å². The van der Waals surface area contributed by atoms with Gasteiger partial charge in [-0.15, -0.1) is 0 Å². The Labute approximate surface area is 110 Å². The third kappa shape index (κ3) is 2.69. The van der Waals surface area contributed by atoms with Crippen LogP contribution in [-0.4, -0.2) is 35.1 Å². The Morgan fingerprint density at radius 3 is 2.82 bits per heavy atom. The summed E-state index contributed by atoms with van der Waals surface area (Å²) in [6.45, 7) is 2.41. The van der Waals surface area contributed by atoms with Crippen LogP contribution in [-0.2, 0) is 0 Å². The number of benzene rings is 1. The minimum absolute atomic E-state index is 0.0112. The summed E-state index contributed by atoms with van der Waals surface area (Å²) < 4.78 is 0.855. The third-order valence-electron chi connectivity index (χ3n) is 3.01. The molecule has 4 heteroatoms. The molecule has 0 atom stereocenters. The van der Waals surface area contributed by atoms with Crippen LogP contribution in [0.25, 0.3) is 0 Å². The molecular formula is C13H16BrNO2. The van der Waals surface area contributed by atoms with E-state index in [9.17, 15) is 4.79 Å². The van der Waals surface area contributed by atoms with E-state index in [0.717, 1.165) is 22.9 Å². The van der Waals surface area contributed by atoms with E-state index in [4.69, 9.17) is 5.11 Å². The highest BCUT2D eigenvalue weighted by molar-refractivity contribution is 9.10. The summed E-state index contributed by atoms with van der Waals surface area (Å²) in [4.78, 5) is 14.2. The molecule has 0 radical (unpaired) electrons. The van der Waals surface area contributed by atoms with E-state index in [-0.39, 0.29) is 12.5 Å². The maximum absolute atomic E-state index is 12.4. The third-order valence-corrected chi connectivity index (χ3v) is 4.06. The van der Waals surface area contributed by atoms with Gasteiger partial charge in [-0.25, -0.2) is 0 Å². The Balaban J connectivity index is 2.25. The van der Waals surface area contributed by atoms with Gasteiger partial charge in [0.1, 0.15) is 0 Å². The van der Waals surface area contributed by atoms with Crippen LogP contribution in [0.2, 0.25) is 0 Å². The van der Waals surface area contributed by atoms with Gasteiger partial charge in [-0.05, 0) is 47.3 Å². The predicted molar refractivity (Wildman–Crippen MR) is 70.0 cm³/mol. The lowest BCUT2D eigenvalue weighted by Gasteiger charge is -2.22. The van der Waals surface area contributed by atoms with Crippen molar-refractivity contribution in [3.8, 4) is 0 Å². The second-order valence-corrected chi connectivity index (χ2v) is 5.18. The van der Waals surface area contributed by atoms with Gasteiger partial charge in [0.15, 0.2) is 0 Å². The van der Waals surface area contributed by atoms with E-state index in [1.54, 1.807) is 4.90 Å². The molecule has 0 aliphatic heterocycles. The zero-order valence-corrected chi connectivity index (χ0v) is 11.4. The van der Waals surface area contributed by atoms with Crippen molar-refractivity contribution in [2.75, 3.05) is 13.2 Å². The largest absolute Gasteiger partial charge is 0.395 e. The van der Waals surface area contributed by atoms with E-state index >= 15 is 0 Å². The molecule has 0 bridgehead atoms. The van der Waals surface area contributed by atoms with Gasteiger partial charge in [0.2, 0.25) is 0 Å². The molecule has 0 saturated heterocycles. The molecule has 0 unspecified atom stereocenters. The van der Waals surface area contributed by atoms with Gasteiger partial charge in [-0.3, -0.25) is 4.79 Å². The molecule has 0 heterocycles. The number of halogens is 1. The molecule has 1 saturated carbocycles. The number of amides is 1. The van der Waals surface area contributed by atoms with Gasteiger partial charge in [-0.1, -0.05) is 12.1 Å². The van der Waals surface area contributed by atoms with Gasteiger partial charge in [-0.2, -0.15) is 0 Å². The topological polar surface area (TPSA) is 40.5 Å². The van der Waals surface area contributed by atoms with Crippen LogP contribution in [0.5, 0.6) is 0 Å². The molecule has 1 amide bonds. The normalized spacial score (nSPS) is 14.8. The van der Waals surface area contributed by atoms with Crippen LogP contribution in [0, 0.1) is 6.92 Å². The number of carbonyl (C=O) groups is 1. The SMILES string of the molecule is Cc1cccc(C(=O)N(CCO)C2CC2)c1Br. The van der Waals surface area contributed by atoms with Crippen molar-refractivity contribution in [1.82, 2.24) is 4.90 Å². The molecule has 0 spiro atoms. The van der Waals surface area contributed by atoms with Crippen molar-refractivity contribution in [1.29, 1.82) is 0 Å². The van der Waals surface area contributed by atoms with Gasteiger partial charge < -0.3 is 10.0 Å². The molecule has 1 aromatic rings. The molecule has 1 fully saturated rings. The fraction of sp³-hybridized carbons (Fsp3) is 0.462. The quantitative estimate of drug-likeness (QED) is 0.927. The maximum atomic E-state index is 12.4. The Morgan fingerprint density at radius 1 is 1.53 bits per heavy atom. The van der Waals surface area contributed by atoms with Crippen molar-refractivity contribution in [2.24, 2.45) is 0 Å². The zero-order valence-electron chi connectivity index (χ0n) is 9.82. The lowest BCUT2D eigenvalue weighted by molar-refractivity contribution is 0.0706. The number of aryl methyl sites for hydroxylation is 1. The average molecular weight is 298 g/mol. The molecule has 2 rings (SSSR count). The number of hydrogen-bond acceptors (Lipinski definition) is 2. The fourth-order valence-electron chi connectivity index (χ4n) is 1.91. The molecule has 17 heavy (non-hydrogen) atoms.